The molecule has 0 spiro atoms. The highest BCUT2D eigenvalue weighted by Crippen LogP contribution is 2.23. The van der Waals surface area contributed by atoms with Crippen LogP contribution in [0, 0.1) is 5.92 Å². The van der Waals surface area contributed by atoms with Gasteiger partial charge in [0.2, 0.25) is 5.91 Å². The minimum Gasteiger partial charge on any atom is -0.359 e. The highest BCUT2D eigenvalue weighted by molar-refractivity contribution is 6.00. The van der Waals surface area contributed by atoms with Crippen molar-refractivity contribution in [1.82, 2.24) is 10.3 Å². The zero-order valence-corrected chi connectivity index (χ0v) is 16.4. The fourth-order valence-corrected chi connectivity index (χ4v) is 3.49. The number of carbonyl (C=O) groups excluding carboxylic acids is 2. The number of hydrogen-bond donors (Lipinski definition) is 3. The summed E-state index contributed by atoms with van der Waals surface area (Å²) in [4.78, 5) is 30.8. The standard InChI is InChI=1S/C21H27N5O2/c1-3-15-7-4-5-9-18(15)25-21(28)24-17-10-11-19(23-13-17)26-12-6-8-16(14-26)20(27)22-2/h4-5,7,9-11,13,16H,3,6,8,12,14H2,1-2H3,(H,22,27)(H2,24,25,28). The number of anilines is 3. The molecule has 3 N–H and O–H groups in total. The number of benzene rings is 1. The van der Waals surface area contributed by atoms with Crippen molar-refractivity contribution in [2.24, 2.45) is 5.92 Å². The number of nitrogens with one attached hydrogen (secondary N) is 3. The molecule has 1 unspecified atom stereocenters. The number of carbonyl (C=O) groups is 2. The van der Waals surface area contributed by atoms with Gasteiger partial charge in [0.15, 0.2) is 0 Å². The molecular formula is C21H27N5O2. The van der Waals surface area contributed by atoms with E-state index in [-0.39, 0.29) is 17.9 Å². The van der Waals surface area contributed by atoms with Crippen LogP contribution in [0.5, 0.6) is 0 Å². The quantitative estimate of drug-likeness (QED) is 0.742. The van der Waals surface area contributed by atoms with Gasteiger partial charge in [0.25, 0.3) is 0 Å². The second-order valence-corrected chi connectivity index (χ2v) is 6.89. The van der Waals surface area contributed by atoms with Crippen LogP contribution in [0.2, 0.25) is 0 Å². The molecular weight excluding hydrogens is 354 g/mol. The average Bonchev–Trinajstić information content (AvgIpc) is 2.74. The number of rotatable bonds is 5. The van der Waals surface area contributed by atoms with E-state index in [0.717, 1.165) is 42.9 Å². The Morgan fingerprint density at radius 2 is 2.00 bits per heavy atom. The number of aromatic nitrogens is 1. The van der Waals surface area contributed by atoms with Gasteiger partial charge in [0.1, 0.15) is 5.82 Å². The molecule has 7 nitrogen and oxygen atoms in total. The van der Waals surface area contributed by atoms with Crippen molar-refractivity contribution < 1.29 is 9.59 Å². The van der Waals surface area contributed by atoms with Crippen LogP contribution >= 0.6 is 0 Å². The number of hydrogen-bond acceptors (Lipinski definition) is 4. The summed E-state index contributed by atoms with van der Waals surface area (Å²) in [6, 6.07) is 11.2. The smallest absolute Gasteiger partial charge is 0.323 e. The highest BCUT2D eigenvalue weighted by atomic mass is 16.2. The van der Waals surface area contributed by atoms with Crippen LogP contribution in [-0.2, 0) is 11.2 Å². The lowest BCUT2D eigenvalue weighted by Crippen LogP contribution is -2.42. The molecule has 1 aliphatic rings. The Bertz CT molecular complexity index is 822. The topological polar surface area (TPSA) is 86.4 Å². The van der Waals surface area contributed by atoms with Gasteiger partial charge in [0, 0.05) is 25.8 Å². The Hall–Kier alpha value is -3.09. The summed E-state index contributed by atoms with van der Waals surface area (Å²) in [6.07, 6.45) is 4.35. The molecule has 7 heteroatoms. The third kappa shape index (κ3) is 4.79. The van der Waals surface area contributed by atoms with Crippen molar-refractivity contribution >= 4 is 29.1 Å². The third-order valence-corrected chi connectivity index (χ3v) is 5.01. The van der Waals surface area contributed by atoms with Crippen LogP contribution in [0.15, 0.2) is 42.6 Å². The number of pyridine rings is 1. The summed E-state index contributed by atoms with van der Waals surface area (Å²) in [6.45, 7) is 3.59. The Morgan fingerprint density at radius 1 is 1.18 bits per heavy atom. The van der Waals surface area contributed by atoms with Gasteiger partial charge in [-0.2, -0.15) is 0 Å². The Labute approximate surface area is 165 Å². The van der Waals surface area contributed by atoms with Crippen LogP contribution in [0.1, 0.15) is 25.3 Å². The molecule has 1 aromatic heterocycles. The van der Waals surface area contributed by atoms with Crippen molar-refractivity contribution in [3.63, 3.8) is 0 Å². The number of piperidine rings is 1. The largest absolute Gasteiger partial charge is 0.359 e. The average molecular weight is 381 g/mol. The Kier molecular flexibility index (Phi) is 6.47. The van der Waals surface area contributed by atoms with Gasteiger partial charge >= 0.3 is 6.03 Å². The van der Waals surface area contributed by atoms with Crippen molar-refractivity contribution in [3.05, 3.63) is 48.2 Å². The number of nitrogens with zero attached hydrogens (tertiary/aromatic N) is 2. The SMILES string of the molecule is CCc1ccccc1NC(=O)Nc1ccc(N2CCCC(C(=O)NC)C2)nc1. The molecule has 0 aliphatic carbocycles. The minimum atomic E-state index is -0.298. The van der Waals surface area contributed by atoms with E-state index < -0.39 is 0 Å². The third-order valence-electron chi connectivity index (χ3n) is 5.01. The molecule has 0 saturated carbocycles. The van der Waals surface area contributed by atoms with E-state index in [4.69, 9.17) is 0 Å². The molecule has 1 atom stereocenters. The predicted molar refractivity (Wildman–Crippen MR) is 112 cm³/mol. The van der Waals surface area contributed by atoms with E-state index >= 15 is 0 Å². The van der Waals surface area contributed by atoms with E-state index in [9.17, 15) is 9.59 Å². The number of para-hydroxylation sites is 1. The fourth-order valence-electron chi connectivity index (χ4n) is 3.49. The minimum absolute atomic E-state index is 0.0113. The van der Waals surface area contributed by atoms with Gasteiger partial charge in [-0.15, -0.1) is 0 Å². The molecule has 1 aromatic carbocycles. The lowest BCUT2D eigenvalue weighted by molar-refractivity contribution is -0.124. The molecule has 2 aromatic rings. The van der Waals surface area contributed by atoms with Gasteiger partial charge in [0.05, 0.1) is 17.8 Å². The first-order valence-electron chi connectivity index (χ1n) is 9.69. The van der Waals surface area contributed by atoms with Crippen molar-refractivity contribution in [2.75, 3.05) is 35.7 Å². The molecule has 148 valence electrons. The normalized spacial score (nSPS) is 16.4. The molecule has 1 saturated heterocycles. The molecule has 3 rings (SSSR count). The van der Waals surface area contributed by atoms with Crippen LogP contribution in [0.25, 0.3) is 0 Å². The molecule has 0 bridgehead atoms. The number of urea groups is 1. The first-order chi connectivity index (χ1) is 13.6. The van der Waals surface area contributed by atoms with E-state index in [1.165, 1.54) is 0 Å². The summed E-state index contributed by atoms with van der Waals surface area (Å²) in [5, 5.41) is 8.42. The second-order valence-electron chi connectivity index (χ2n) is 6.89. The zero-order valence-electron chi connectivity index (χ0n) is 16.4. The lowest BCUT2D eigenvalue weighted by atomic mass is 9.97. The summed E-state index contributed by atoms with van der Waals surface area (Å²) >= 11 is 0. The Balaban J connectivity index is 1.59. The molecule has 2 heterocycles. The fraction of sp³-hybridized carbons (Fsp3) is 0.381. The maximum atomic E-state index is 12.3. The first kappa shape index (κ1) is 19.7. The van der Waals surface area contributed by atoms with Crippen LogP contribution in [-0.4, -0.2) is 37.1 Å². The van der Waals surface area contributed by atoms with E-state index in [0.29, 0.717) is 12.2 Å². The van der Waals surface area contributed by atoms with Crippen molar-refractivity contribution in [1.29, 1.82) is 0 Å². The molecule has 1 aliphatic heterocycles. The molecule has 3 amide bonds. The van der Waals surface area contributed by atoms with E-state index in [1.54, 1.807) is 13.2 Å². The summed E-state index contributed by atoms with van der Waals surface area (Å²) in [5.74, 6) is 0.880. The van der Waals surface area contributed by atoms with Gasteiger partial charge in [-0.05, 0) is 43.0 Å². The summed E-state index contributed by atoms with van der Waals surface area (Å²) in [5.41, 5.74) is 2.51. The van der Waals surface area contributed by atoms with Crippen molar-refractivity contribution in [2.45, 2.75) is 26.2 Å². The van der Waals surface area contributed by atoms with Gasteiger partial charge in [-0.3, -0.25) is 4.79 Å². The summed E-state index contributed by atoms with van der Waals surface area (Å²) < 4.78 is 0. The maximum Gasteiger partial charge on any atom is 0.323 e. The van der Waals surface area contributed by atoms with Crippen LogP contribution in [0.3, 0.4) is 0 Å². The van der Waals surface area contributed by atoms with E-state index in [1.807, 2.05) is 36.4 Å². The van der Waals surface area contributed by atoms with Crippen LogP contribution < -0.4 is 20.9 Å². The highest BCUT2D eigenvalue weighted by Gasteiger charge is 2.25. The monoisotopic (exact) mass is 381 g/mol. The molecule has 28 heavy (non-hydrogen) atoms. The zero-order chi connectivity index (χ0) is 19.9. The van der Waals surface area contributed by atoms with Gasteiger partial charge in [-0.25, -0.2) is 9.78 Å². The van der Waals surface area contributed by atoms with E-state index in [2.05, 4.69) is 32.8 Å². The molecule has 1 fully saturated rings. The Morgan fingerprint density at radius 3 is 2.71 bits per heavy atom. The second kappa shape index (κ2) is 9.21. The maximum absolute atomic E-state index is 12.3. The van der Waals surface area contributed by atoms with Crippen molar-refractivity contribution in [3.8, 4) is 0 Å². The summed E-state index contributed by atoms with van der Waals surface area (Å²) in [7, 11) is 1.67. The van der Waals surface area contributed by atoms with Crippen LogP contribution in [0.4, 0.5) is 22.0 Å². The molecule has 0 radical (unpaired) electrons. The first-order valence-corrected chi connectivity index (χ1v) is 9.69. The number of aryl methyl sites for hydroxylation is 1. The predicted octanol–water partition coefficient (Wildman–Crippen LogP) is 3.25. The lowest BCUT2D eigenvalue weighted by Gasteiger charge is -2.32. The van der Waals surface area contributed by atoms with Gasteiger partial charge < -0.3 is 20.9 Å². The number of amides is 3. The van der Waals surface area contributed by atoms with Gasteiger partial charge in [-0.1, -0.05) is 25.1 Å².